The Labute approximate surface area is 116 Å². The van der Waals surface area contributed by atoms with E-state index < -0.39 is 0 Å². The molecule has 0 aromatic heterocycles. The highest BCUT2D eigenvalue weighted by atomic mass is 35.5. The largest absolute Gasteiger partial charge is 0.372 e. The normalized spacial score (nSPS) is 14.8. The van der Waals surface area contributed by atoms with Crippen LogP contribution in [0.2, 0.25) is 0 Å². The van der Waals surface area contributed by atoms with Crippen molar-refractivity contribution >= 4 is 30.5 Å². The maximum atomic E-state index is 5.53. The molecule has 1 heterocycles. The SMILES string of the molecule is Cl.Cl.NCCc1ccc(N2CCCCC2)cc1. The second-order valence-corrected chi connectivity index (χ2v) is 4.25. The molecule has 2 N–H and O–H groups in total. The molecule has 0 aliphatic carbocycles. The molecule has 1 aromatic carbocycles. The molecule has 0 spiro atoms. The highest BCUT2D eigenvalue weighted by molar-refractivity contribution is 5.85. The third-order valence-electron chi connectivity index (χ3n) is 3.09. The van der Waals surface area contributed by atoms with Crippen LogP contribution in [0, 0.1) is 0 Å². The van der Waals surface area contributed by atoms with Gasteiger partial charge in [-0.05, 0) is 49.9 Å². The summed E-state index contributed by atoms with van der Waals surface area (Å²) in [6.45, 7) is 3.18. The van der Waals surface area contributed by atoms with E-state index in [1.54, 1.807) is 0 Å². The van der Waals surface area contributed by atoms with E-state index in [-0.39, 0.29) is 24.8 Å². The van der Waals surface area contributed by atoms with Gasteiger partial charge >= 0.3 is 0 Å². The average Bonchev–Trinajstić information content (AvgIpc) is 2.32. The Morgan fingerprint density at radius 1 is 0.941 bits per heavy atom. The van der Waals surface area contributed by atoms with Gasteiger partial charge in [-0.1, -0.05) is 12.1 Å². The number of nitrogens with zero attached hydrogens (tertiary/aromatic N) is 1. The van der Waals surface area contributed by atoms with E-state index in [9.17, 15) is 0 Å². The van der Waals surface area contributed by atoms with Crippen LogP contribution >= 0.6 is 24.8 Å². The Morgan fingerprint density at radius 2 is 1.53 bits per heavy atom. The standard InChI is InChI=1S/C13H20N2.2ClH/c14-9-8-12-4-6-13(7-5-12)15-10-2-1-3-11-15;;/h4-7H,1-3,8-11,14H2;2*1H. The molecule has 4 heteroatoms. The zero-order valence-corrected chi connectivity index (χ0v) is 11.7. The lowest BCUT2D eigenvalue weighted by Crippen LogP contribution is -2.29. The first-order valence-corrected chi connectivity index (χ1v) is 5.94. The second-order valence-electron chi connectivity index (χ2n) is 4.25. The molecule has 1 fully saturated rings. The lowest BCUT2D eigenvalue weighted by Gasteiger charge is -2.28. The minimum absolute atomic E-state index is 0. The first-order chi connectivity index (χ1) is 7.40. The van der Waals surface area contributed by atoms with Crippen molar-refractivity contribution in [2.75, 3.05) is 24.5 Å². The quantitative estimate of drug-likeness (QED) is 0.920. The molecule has 1 aliphatic heterocycles. The topological polar surface area (TPSA) is 29.3 Å². The molecule has 98 valence electrons. The van der Waals surface area contributed by atoms with Crippen LogP contribution in [0.5, 0.6) is 0 Å². The zero-order valence-electron chi connectivity index (χ0n) is 10.1. The van der Waals surface area contributed by atoms with Crippen LogP contribution in [0.15, 0.2) is 24.3 Å². The predicted molar refractivity (Wildman–Crippen MR) is 79.8 cm³/mol. The predicted octanol–water partition coefficient (Wildman–Crippen LogP) is 3.02. The van der Waals surface area contributed by atoms with Gasteiger partial charge in [0.1, 0.15) is 0 Å². The lowest BCUT2D eigenvalue weighted by atomic mass is 10.1. The van der Waals surface area contributed by atoms with Crippen molar-refractivity contribution in [3.05, 3.63) is 29.8 Å². The number of nitrogens with two attached hydrogens (primary N) is 1. The fraction of sp³-hybridized carbons (Fsp3) is 0.538. The summed E-state index contributed by atoms with van der Waals surface area (Å²) in [4.78, 5) is 2.48. The summed E-state index contributed by atoms with van der Waals surface area (Å²) < 4.78 is 0. The molecule has 0 radical (unpaired) electrons. The summed E-state index contributed by atoms with van der Waals surface area (Å²) in [6.07, 6.45) is 5.05. The molecule has 1 saturated heterocycles. The van der Waals surface area contributed by atoms with Gasteiger partial charge in [0.25, 0.3) is 0 Å². The lowest BCUT2D eigenvalue weighted by molar-refractivity contribution is 0.578. The van der Waals surface area contributed by atoms with E-state index in [1.165, 1.54) is 43.6 Å². The highest BCUT2D eigenvalue weighted by Crippen LogP contribution is 2.20. The molecule has 17 heavy (non-hydrogen) atoms. The number of piperidine rings is 1. The van der Waals surface area contributed by atoms with Crippen molar-refractivity contribution in [2.24, 2.45) is 5.73 Å². The maximum Gasteiger partial charge on any atom is 0.0366 e. The number of rotatable bonds is 3. The van der Waals surface area contributed by atoms with Crippen LogP contribution < -0.4 is 10.6 Å². The van der Waals surface area contributed by atoms with Gasteiger partial charge in [-0.3, -0.25) is 0 Å². The molecular weight excluding hydrogens is 255 g/mol. The molecular formula is C13H22Cl2N2. The van der Waals surface area contributed by atoms with E-state index in [4.69, 9.17) is 5.73 Å². The van der Waals surface area contributed by atoms with Gasteiger partial charge in [0.2, 0.25) is 0 Å². The number of hydrogen-bond acceptors (Lipinski definition) is 2. The van der Waals surface area contributed by atoms with Crippen molar-refractivity contribution in [1.29, 1.82) is 0 Å². The van der Waals surface area contributed by atoms with Gasteiger partial charge in [-0.2, -0.15) is 0 Å². The Hall–Kier alpha value is -0.440. The summed E-state index contributed by atoms with van der Waals surface area (Å²) in [7, 11) is 0. The summed E-state index contributed by atoms with van der Waals surface area (Å²) in [5.41, 5.74) is 8.25. The Bertz CT molecular complexity index is 295. The molecule has 1 aromatic rings. The fourth-order valence-electron chi connectivity index (χ4n) is 2.19. The molecule has 0 atom stereocenters. The molecule has 0 bridgehead atoms. The van der Waals surface area contributed by atoms with Gasteiger partial charge in [-0.25, -0.2) is 0 Å². The van der Waals surface area contributed by atoms with Crippen LogP contribution in [0.25, 0.3) is 0 Å². The minimum Gasteiger partial charge on any atom is -0.372 e. The Kier molecular flexibility index (Phi) is 8.40. The first-order valence-electron chi connectivity index (χ1n) is 5.94. The van der Waals surface area contributed by atoms with Crippen LogP contribution in [0.3, 0.4) is 0 Å². The summed E-state index contributed by atoms with van der Waals surface area (Å²) in [5, 5.41) is 0. The van der Waals surface area contributed by atoms with Crippen molar-refractivity contribution in [1.82, 2.24) is 0 Å². The van der Waals surface area contributed by atoms with Crippen LogP contribution in [0.4, 0.5) is 5.69 Å². The number of anilines is 1. The van der Waals surface area contributed by atoms with E-state index >= 15 is 0 Å². The summed E-state index contributed by atoms with van der Waals surface area (Å²) in [6, 6.07) is 8.88. The van der Waals surface area contributed by atoms with Gasteiger partial charge < -0.3 is 10.6 Å². The molecule has 0 amide bonds. The van der Waals surface area contributed by atoms with Crippen molar-refractivity contribution in [3.8, 4) is 0 Å². The Morgan fingerprint density at radius 3 is 2.06 bits per heavy atom. The van der Waals surface area contributed by atoms with Crippen molar-refractivity contribution < 1.29 is 0 Å². The smallest absolute Gasteiger partial charge is 0.0366 e. The van der Waals surface area contributed by atoms with Crippen LogP contribution in [0.1, 0.15) is 24.8 Å². The summed E-state index contributed by atoms with van der Waals surface area (Å²) in [5.74, 6) is 0. The third kappa shape index (κ3) is 4.74. The van der Waals surface area contributed by atoms with E-state index in [2.05, 4.69) is 29.2 Å². The molecule has 0 unspecified atom stereocenters. The van der Waals surface area contributed by atoms with Gasteiger partial charge in [0, 0.05) is 18.8 Å². The number of hydrogen-bond donors (Lipinski definition) is 1. The molecule has 2 nitrogen and oxygen atoms in total. The van der Waals surface area contributed by atoms with Crippen molar-refractivity contribution in [2.45, 2.75) is 25.7 Å². The fourth-order valence-corrected chi connectivity index (χ4v) is 2.19. The first kappa shape index (κ1) is 16.6. The summed E-state index contributed by atoms with van der Waals surface area (Å²) >= 11 is 0. The van der Waals surface area contributed by atoms with E-state index in [1.807, 2.05) is 0 Å². The van der Waals surface area contributed by atoms with Gasteiger partial charge in [0.15, 0.2) is 0 Å². The number of halogens is 2. The Balaban J connectivity index is 0.00000128. The van der Waals surface area contributed by atoms with Crippen LogP contribution in [-0.4, -0.2) is 19.6 Å². The molecule has 2 rings (SSSR count). The zero-order chi connectivity index (χ0) is 10.5. The van der Waals surface area contributed by atoms with Crippen LogP contribution in [-0.2, 0) is 6.42 Å². The molecule has 1 aliphatic rings. The van der Waals surface area contributed by atoms with E-state index in [0.717, 1.165) is 13.0 Å². The van der Waals surface area contributed by atoms with Crippen molar-refractivity contribution in [3.63, 3.8) is 0 Å². The van der Waals surface area contributed by atoms with Gasteiger partial charge in [0.05, 0.1) is 0 Å². The highest BCUT2D eigenvalue weighted by Gasteiger charge is 2.09. The average molecular weight is 277 g/mol. The third-order valence-corrected chi connectivity index (χ3v) is 3.09. The van der Waals surface area contributed by atoms with Gasteiger partial charge in [-0.15, -0.1) is 24.8 Å². The molecule has 0 saturated carbocycles. The number of benzene rings is 1. The minimum atomic E-state index is 0. The van der Waals surface area contributed by atoms with E-state index in [0.29, 0.717) is 0 Å². The second kappa shape index (κ2) is 8.62. The maximum absolute atomic E-state index is 5.53. The monoisotopic (exact) mass is 276 g/mol.